The Morgan fingerprint density at radius 1 is 1.18 bits per heavy atom. The Hall–Kier alpha value is -3.06. The summed E-state index contributed by atoms with van der Waals surface area (Å²) in [7, 11) is 0. The number of rotatable bonds is 5. The molecular weight excluding hydrogens is 374 g/mol. The van der Waals surface area contributed by atoms with Crippen LogP contribution < -0.4 is 5.32 Å². The molecule has 1 N–H and O–H groups in total. The number of esters is 1. The molecule has 0 bridgehead atoms. The second-order valence-electron chi connectivity index (χ2n) is 6.61. The number of carbonyl (C=O) groups excluding carboxylic acids is 2. The fourth-order valence-electron chi connectivity index (χ4n) is 3.23. The summed E-state index contributed by atoms with van der Waals surface area (Å²) in [5, 5.41) is 3.43. The molecule has 0 spiro atoms. The smallest absolute Gasteiger partial charge is 0.350 e. The van der Waals surface area contributed by atoms with Crippen molar-refractivity contribution in [1.29, 1.82) is 0 Å². The molecule has 0 aliphatic heterocycles. The van der Waals surface area contributed by atoms with Gasteiger partial charge in [0.1, 0.15) is 9.88 Å². The zero-order chi connectivity index (χ0) is 19.5. The summed E-state index contributed by atoms with van der Waals surface area (Å²) in [6, 6.07) is 11.4. The highest BCUT2D eigenvalue weighted by Crippen LogP contribution is 2.27. The molecule has 6 nitrogen and oxygen atoms in total. The number of aryl methyl sites for hydroxylation is 3. The van der Waals surface area contributed by atoms with Crippen LogP contribution >= 0.6 is 11.3 Å². The summed E-state index contributed by atoms with van der Waals surface area (Å²) >= 11 is 1.21. The Morgan fingerprint density at radius 2 is 2.04 bits per heavy atom. The van der Waals surface area contributed by atoms with E-state index in [0.717, 1.165) is 24.9 Å². The first-order valence-corrected chi connectivity index (χ1v) is 9.89. The van der Waals surface area contributed by atoms with Crippen LogP contribution in [0.2, 0.25) is 0 Å². The summed E-state index contributed by atoms with van der Waals surface area (Å²) in [6.45, 7) is 1.40. The average molecular weight is 393 g/mol. The highest BCUT2D eigenvalue weighted by atomic mass is 32.1. The molecule has 28 heavy (non-hydrogen) atoms. The lowest BCUT2D eigenvalue weighted by atomic mass is 10.1. The fourth-order valence-corrected chi connectivity index (χ4v) is 4.16. The van der Waals surface area contributed by atoms with Crippen LogP contribution in [0.1, 0.15) is 32.9 Å². The van der Waals surface area contributed by atoms with Crippen LogP contribution in [0.25, 0.3) is 10.7 Å². The lowest BCUT2D eigenvalue weighted by molar-refractivity contribution is -0.119. The third kappa shape index (κ3) is 3.94. The largest absolute Gasteiger partial charge is 0.451 e. The quantitative estimate of drug-likeness (QED) is 0.667. The summed E-state index contributed by atoms with van der Waals surface area (Å²) in [5.74, 6) is -0.917. The van der Waals surface area contributed by atoms with Gasteiger partial charge in [-0.05, 0) is 61.6 Å². The maximum atomic E-state index is 12.4. The van der Waals surface area contributed by atoms with Crippen molar-refractivity contribution in [2.75, 3.05) is 11.9 Å². The minimum Gasteiger partial charge on any atom is -0.451 e. The molecule has 1 aliphatic rings. The molecular formula is C21H19N3O3S. The minimum atomic E-state index is -0.554. The van der Waals surface area contributed by atoms with E-state index in [2.05, 4.69) is 15.3 Å². The van der Waals surface area contributed by atoms with Gasteiger partial charge in [0.2, 0.25) is 0 Å². The van der Waals surface area contributed by atoms with Gasteiger partial charge in [0.15, 0.2) is 6.61 Å². The number of benzene rings is 1. The van der Waals surface area contributed by atoms with Crippen LogP contribution in [0.4, 0.5) is 5.69 Å². The summed E-state index contributed by atoms with van der Waals surface area (Å²) in [5.41, 5.74) is 4.61. The van der Waals surface area contributed by atoms with Crippen molar-refractivity contribution in [2.45, 2.75) is 26.2 Å². The summed E-state index contributed by atoms with van der Waals surface area (Å²) < 4.78 is 5.18. The molecule has 4 rings (SSSR count). The van der Waals surface area contributed by atoms with E-state index < -0.39 is 5.97 Å². The van der Waals surface area contributed by atoms with Gasteiger partial charge in [0, 0.05) is 11.9 Å². The molecule has 1 amide bonds. The van der Waals surface area contributed by atoms with E-state index in [9.17, 15) is 9.59 Å². The third-order valence-corrected chi connectivity index (χ3v) is 5.74. The summed E-state index contributed by atoms with van der Waals surface area (Å²) in [6.07, 6.45) is 4.96. The molecule has 2 heterocycles. The van der Waals surface area contributed by atoms with Crippen LogP contribution in [0.3, 0.4) is 0 Å². The van der Waals surface area contributed by atoms with Gasteiger partial charge >= 0.3 is 5.97 Å². The van der Waals surface area contributed by atoms with E-state index in [4.69, 9.17) is 4.74 Å². The number of hydrogen-bond donors (Lipinski definition) is 1. The Bertz CT molecular complexity index is 1030. The van der Waals surface area contributed by atoms with Gasteiger partial charge in [0.25, 0.3) is 5.91 Å². The van der Waals surface area contributed by atoms with Crippen molar-refractivity contribution in [3.05, 3.63) is 64.3 Å². The lowest BCUT2D eigenvalue weighted by Crippen LogP contribution is -2.21. The van der Waals surface area contributed by atoms with E-state index in [0.29, 0.717) is 21.3 Å². The number of anilines is 1. The topological polar surface area (TPSA) is 81.2 Å². The lowest BCUT2D eigenvalue weighted by Gasteiger charge is -2.08. The first kappa shape index (κ1) is 18.3. The van der Waals surface area contributed by atoms with E-state index in [1.54, 1.807) is 13.1 Å². The molecule has 2 aromatic heterocycles. The standard InChI is InChI=1S/C21H19N3O3S/c1-13-19(28-20(23-13)17-7-2-3-10-22-17)21(26)27-12-18(25)24-16-9-8-14-5-4-6-15(14)11-16/h2-3,7-11H,4-6,12H2,1H3,(H,24,25). The van der Waals surface area contributed by atoms with Gasteiger partial charge in [-0.1, -0.05) is 12.1 Å². The number of amides is 1. The normalized spacial score (nSPS) is 12.5. The van der Waals surface area contributed by atoms with E-state index in [-0.39, 0.29) is 12.5 Å². The monoisotopic (exact) mass is 393 g/mol. The van der Waals surface area contributed by atoms with Gasteiger partial charge in [-0.3, -0.25) is 9.78 Å². The number of fused-ring (bicyclic) bond motifs is 1. The molecule has 0 fully saturated rings. The molecule has 1 aromatic carbocycles. The Labute approximate surface area is 166 Å². The maximum Gasteiger partial charge on any atom is 0.350 e. The minimum absolute atomic E-state index is 0.341. The zero-order valence-corrected chi connectivity index (χ0v) is 16.2. The SMILES string of the molecule is Cc1nc(-c2ccccn2)sc1C(=O)OCC(=O)Nc1ccc2c(c1)CCC2. The number of ether oxygens (including phenoxy) is 1. The van der Waals surface area contributed by atoms with Crippen LogP contribution in [0.5, 0.6) is 0 Å². The highest BCUT2D eigenvalue weighted by Gasteiger charge is 2.19. The number of carbonyl (C=O) groups is 2. The van der Waals surface area contributed by atoms with E-state index in [1.165, 1.54) is 22.5 Å². The van der Waals surface area contributed by atoms with Crippen molar-refractivity contribution in [2.24, 2.45) is 0 Å². The predicted octanol–water partition coefficient (Wildman–Crippen LogP) is 3.80. The number of hydrogen-bond acceptors (Lipinski definition) is 6. The fraction of sp³-hybridized carbons (Fsp3) is 0.238. The zero-order valence-electron chi connectivity index (χ0n) is 15.4. The van der Waals surface area contributed by atoms with Crippen molar-refractivity contribution < 1.29 is 14.3 Å². The number of pyridine rings is 1. The Morgan fingerprint density at radius 3 is 2.86 bits per heavy atom. The van der Waals surface area contributed by atoms with Crippen LogP contribution in [0, 0.1) is 6.92 Å². The average Bonchev–Trinajstić information content (AvgIpc) is 3.33. The van der Waals surface area contributed by atoms with Gasteiger partial charge in [-0.15, -0.1) is 11.3 Å². The molecule has 142 valence electrons. The maximum absolute atomic E-state index is 12.4. The molecule has 3 aromatic rings. The van der Waals surface area contributed by atoms with Crippen LogP contribution in [0.15, 0.2) is 42.6 Å². The second-order valence-corrected chi connectivity index (χ2v) is 7.61. The number of nitrogens with one attached hydrogen (secondary N) is 1. The predicted molar refractivity (Wildman–Crippen MR) is 107 cm³/mol. The molecule has 0 saturated heterocycles. The summed E-state index contributed by atoms with van der Waals surface area (Å²) in [4.78, 5) is 33.5. The van der Waals surface area contributed by atoms with Crippen molar-refractivity contribution in [3.63, 3.8) is 0 Å². The molecule has 0 radical (unpaired) electrons. The Kier molecular flexibility index (Phi) is 5.16. The van der Waals surface area contributed by atoms with Crippen LogP contribution in [-0.2, 0) is 22.4 Å². The molecule has 0 atom stereocenters. The van der Waals surface area contributed by atoms with Gasteiger partial charge in [-0.25, -0.2) is 9.78 Å². The van der Waals surface area contributed by atoms with Crippen LogP contribution in [-0.4, -0.2) is 28.5 Å². The number of thiazole rings is 1. The van der Waals surface area contributed by atoms with Crippen molar-refractivity contribution >= 4 is 28.9 Å². The van der Waals surface area contributed by atoms with Crippen molar-refractivity contribution in [3.8, 4) is 10.7 Å². The second kappa shape index (κ2) is 7.90. The van der Waals surface area contributed by atoms with Gasteiger partial charge in [-0.2, -0.15) is 0 Å². The highest BCUT2D eigenvalue weighted by molar-refractivity contribution is 7.17. The van der Waals surface area contributed by atoms with Crippen molar-refractivity contribution in [1.82, 2.24) is 9.97 Å². The number of nitrogens with zero attached hydrogens (tertiary/aromatic N) is 2. The van der Waals surface area contributed by atoms with E-state index in [1.807, 2.05) is 36.4 Å². The molecule has 1 aliphatic carbocycles. The molecule has 7 heteroatoms. The van der Waals surface area contributed by atoms with E-state index >= 15 is 0 Å². The third-order valence-electron chi connectivity index (χ3n) is 4.58. The van der Waals surface area contributed by atoms with Gasteiger partial charge in [0.05, 0.1) is 11.4 Å². The number of aromatic nitrogens is 2. The first-order chi connectivity index (χ1) is 13.6. The first-order valence-electron chi connectivity index (χ1n) is 9.08. The Balaban J connectivity index is 1.36. The van der Waals surface area contributed by atoms with Gasteiger partial charge < -0.3 is 10.1 Å². The molecule has 0 unspecified atom stereocenters. The molecule has 0 saturated carbocycles.